The summed E-state index contributed by atoms with van der Waals surface area (Å²) >= 11 is 0. The van der Waals surface area contributed by atoms with Crippen LogP contribution < -0.4 is 15.1 Å². The van der Waals surface area contributed by atoms with Crippen LogP contribution in [0.5, 0.6) is 0 Å². The van der Waals surface area contributed by atoms with Gasteiger partial charge in [0.1, 0.15) is 17.5 Å². The molecule has 0 amide bonds. The minimum atomic E-state index is 0.836. The lowest BCUT2D eigenvalue weighted by Crippen LogP contribution is -2.46. The summed E-state index contributed by atoms with van der Waals surface area (Å²) in [4.78, 5) is 14.1. The average Bonchev–Trinajstić information content (AvgIpc) is 2.75. The summed E-state index contributed by atoms with van der Waals surface area (Å²) in [5.41, 5.74) is 2.90. The normalized spacial score (nSPS) is 17.4. The highest BCUT2D eigenvalue weighted by atomic mass is 15.3. The van der Waals surface area contributed by atoms with Crippen LogP contribution in [0, 0.1) is 6.92 Å². The number of hydrogen-bond acceptors (Lipinski definition) is 5. The fourth-order valence-corrected chi connectivity index (χ4v) is 4.12. The number of rotatable bonds is 6. The minimum absolute atomic E-state index is 0.836. The number of aryl methyl sites for hydroxylation is 1. The van der Waals surface area contributed by atoms with E-state index in [0.717, 1.165) is 56.6 Å². The molecule has 1 saturated heterocycles. The summed E-state index contributed by atoms with van der Waals surface area (Å²) in [6.45, 7) is 6.94. The van der Waals surface area contributed by atoms with E-state index in [0.29, 0.717) is 0 Å². The zero-order valence-corrected chi connectivity index (χ0v) is 16.9. The van der Waals surface area contributed by atoms with E-state index in [4.69, 9.17) is 4.98 Å². The van der Waals surface area contributed by atoms with Crippen molar-refractivity contribution in [2.75, 3.05) is 47.8 Å². The third-order valence-electron chi connectivity index (χ3n) is 5.69. The second-order valence-corrected chi connectivity index (χ2v) is 7.75. The van der Waals surface area contributed by atoms with E-state index in [9.17, 15) is 0 Å². The summed E-state index contributed by atoms with van der Waals surface area (Å²) in [5.74, 6) is 2.83. The molecule has 1 aliphatic heterocycles. The highest BCUT2D eigenvalue weighted by molar-refractivity contribution is 5.52. The highest BCUT2D eigenvalue weighted by Crippen LogP contribution is 2.22. The van der Waals surface area contributed by atoms with Crippen LogP contribution in [0.25, 0.3) is 0 Å². The second-order valence-electron chi connectivity index (χ2n) is 7.75. The number of anilines is 3. The zero-order chi connectivity index (χ0) is 19.2. The monoisotopic (exact) mass is 377 g/mol. The molecule has 1 aromatic carbocycles. The number of para-hydroxylation sites is 1. The molecule has 1 N–H and O–H groups in total. The van der Waals surface area contributed by atoms with E-state index in [1.54, 1.807) is 5.57 Å². The molecule has 0 spiro atoms. The van der Waals surface area contributed by atoms with Crippen molar-refractivity contribution in [2.45, 2.75) is 39.0 Å². The molecule has 0 saturated carbocycles. The number of nitrogens with zero attached hydrogens (tertiary/aromatic N) is 4. The summed E-state index contributed by atoms with van der Waals surface area (Å²) in [6, 6.07) is 12.8. The zero-order valence-electron chi connectivity index (χ0n) is 16.9. The molecule has 0 bridgehead atoms. The van der Waals surface area contributed by atoms with Crippen LogP contribution in [0.4, 0.5) is 17.3 Å². The highest BCUT2D eigenvalue weighted by Gasteiger charge is 2.19. The molecule has 5 heteroatoms. The molecule has 0 atom stereocenters. The van der Waals surface area contributed by atoms with Gasteiger partial charge >= 0.3 is 0 Å². The molecule has 1 aromatic heterocycles. The predicted octanol–water partition coefficient (Wildman–Crippen LogP) is 4.41. The Morgan fingerprint density at radius 3 is 2.50 bits per heavy atom. The first-order chi connectivity index (χ1) is 13.8. The maximum absolute atomic E-state index is 4.70. The molecule has 1 aliphatic carbocycles. The summed E-state index contributed by atoms with van der Waals surface area (Å²) < 4.78 is 0. The van der Waals surface area contributed by atoms with Crippen LogP contribution in [-0.2, 0) is 0 Å². The first-order valence-electron chi connectivity index (χ1n) is 10.6. The molecule has 28 heavy (non-hydrogen) atoms. The van der Waals surface area contributed by atoms with Crippen molar-refractivity contribution in [1.29, 1.82) is 0 Å². The van der Waals surface area contributed by atoms with Gasteiger partial charge in [0.05, 0.1) is 0 Å². The minimum Gasteiger partial charge on any atom is -0.370 e. The molecule has 2 heterocycles. The van der Waals surface area contributed by atoms with E-state index in [2.05, 4.69) is 62.6 Å². The molecular weight excluding hydrogens is 346 g/mol. The third kappa shape index (κ3) is 4.83. The van der Waals surface area contributed by atoms with Crippen molar-refractivity contribution in [3.63, 3.8) is 0 Å². The Labute approximate surface area is 168 Å². The fraction of sp³-hybridized carbons (Fsp3) is 0.478. The Hall–Kier alpha value is -2.56. The van der Waals surface area contributed by atoms with Gasteiger partial charge < -0.3 is 15.1 Å². The van der Waals surface area contributed by atoms with E-state index in [1.165, 1.54) is 31.4 Å². The van der Waals surface area contributed by atoms with E-state index >= 15 is 0 Å². The summed E-state index contributed by atoms with van der Waals surface area (Å²) in [6.07, 6.45) is 8.76. The largest absolute Gasteiger partial charge is 0.370 e. The molecule has 2 aliphatic rings. The van der Waals surface area contributed by atoms with Crippen LogP contribution >= 0.6 is 0 Å². The van der Waals surface area contributed by atoms with Crippen molar-refractivity contribution >= 4 is 17.3 Å². The van der Waals surface area contributed by atoms with Crippen molar-refractivity contribution in [1.82, 2.24) is 9.97 Å². The summed E-state index contributed by atoms with van der Waals surface area (Å²) in [5, 5.41) is 3.52. The van der Waals surface area contributed by atoms with E-state index in [1.807, 2.05) is 6.92 Å². The first kappa shape index (κ1) is 18.8. The second kappa shape index (κ2) is 9.09. The molecule has 148 valence electrons. The number of nitrogens with one attached hydrogen (secondary N) is 1. The number of aromatic nitrogens is 2. The topological polar surface area (TPSA) is 44.3 Å². The molecular formula is C23H31N5. The van der Waals surface area contributed by atoms with Crippen molar-refractivity contribution < 1.29 is 0 Å². The van der Waals surface area contributed by atoms with Gasteiger partial charge in [0, 0.05) is 44.5 Å². The van der Waals surface area contributed by atoms with Crippen LogP contribution in [-0.4, -0.2) is 42.7 Å². The lowest BCUT2D eigenvalue weighted by molar-refractivity contribution is 0.646. The molecule has 0 unspecified atom stereocenters. The standard InChI is InChI=1S/C23H31N5/c1-19-25-22(24-13-12-20-8-4-2-5-9-20)18-23(26-19)28-16-14-27(15-17-28)21-10-6-3-7-11-21/h3,6-8,10-11,18H,2,4-5,9,12-17H2,1H3,(H,24,25,26). The van der Waals surface area contributed by atoms with Gasteiger partial charge in [-0.05, 0) is 51.2 Å². The lowest BCUT2D eigenvalue weighted by atomic mass is 9.97. The van der Waals surface area contributed by atoms with Crippen molar-refractivity contribution in [2.24, 2.45) is 0 Å². The van der Waals surface area contributed by atoms with Crippen molar-refractivity contribution in [3.8, 4) is 0 Å². The van der Waals surface area contributed by atoms with E-state index < -0.39 is 0 Å². The third-order valence-corrected chi connectivity index (χ3v) is 5.69. The smallest absolute Gasteiger partial charge is 0.134 e. The van der Waals surface area contributed by atoms with Gasteiger partial charge in [-0.15, -0.1) is 0 Å². The molecule has 5 nitrogen and oxygen atoms in total. The van der Waals surface area contributed by atoms with Gasteiger partial charge in [-0.1, -0.05) is 29.8 Å². The number of benzene rings is 1. The van der Waals surface area contributed by atoms with Crippen LogP contribution in [0.2, 0.25) is 0 Å². The number of hydrogen-bond donors (Lipinski definition) is 1. The van der Waals surface area contributed by atoms with Gasteiger partial charge in [0.25, 0.3) is 0 Å². The van der Waals surface area contributed by atoms with Gasteiger partial charge in [-0.2, -0.15) is 0 Å². The van der Waals surface area contributed by atoms with Crippen LogP contribution in [0.3, 0.4) is 0 Å². The molecule has 2 aromatic rings. The first-order valence-corrected chi connectivity index (χ1v) is 10.6. The maximum Gasteiger partial charge on any atom is 0.134 e. The molecule has 4 rings (SSSR count). The Morgan fingerprint density at radius 1 is 0.964 bits per heavy atom. The Morgan fingerprint density at radius 2 is 1.75 bits per heavy atom. The molecule has 1 fully saturated rings. The van der Waals surface area contributed by atoms with Gasteiger partial charge in [0.15, 0.2) is 0 Å². The number of allylic oxidation sites excluding steroid dienone is 1. The van der Waals surface area contributed by atoms with E-state index in [-0.39, 0.29) is 0 Å². The number of piperazine rings is 1. The van der Waals surface area contributed by atoms with Crippen LogP contribution in [0.1, 0.15) is 37.9 Å². The Balaban J connectivity index is 1.34. The lowest BCUT2D eigenvalue weighted by Gasteiger charge is -2.36. The summed E-state index contributed by atoms with van der Waals surface area (Å²) in [7, 11) is 0. The maximum atomic E-state index is 4.70. The fourth-order valence-electron chi connectivity index (χ4n) is 4.12. The Kier molecular flexibility index (Phi) is 6.10. The van der Waals surface area contributed by atoms with Crippen LogP contribution in [0.15, 0.2) is 48.0 Å². The SMILES string of the molecule is Cc1nc(NCCC2=CCCCC2)cc(N2CCN(c3ccccc3)CC2)n1. The van der Waals surface area contributed by atoms with Gasteiger partial charge in [-0.25, -0.2) is 9.97 Å². The quantitative estimate of drug-likeness (QED) is 0.755. The molecule has 0 radical (unpaired) electrons. The van der Waals surface area contributed by atoms with Crippen molar-refractivity contribution in [3.05, 3.63) is 53.9 Å². The predicted molar refractivity (Wildman–Crippen MR) is 117 cm³/mol. The Bertz CT molecular complexity index is 794. The van der Waals surface area contributed by atoms with Gasteiger partial charge in [-0.3, -0.25) is 0 Å². The van der Waals surface area contributed by atoms with Gasteiger partial charge in [0.2, 0.25) is 0 Å². The average molecular weight is 378 g/mol.